The van der Waals surface area contributed by atoms with Gasteiger partial charge in [0.05, 0.1) is 5.69 Å². The summed E-state index contributed by atoms with van der Waals surface area (Å²) >= 11 is 5.77. The van der Waals surface area contributed by atoms with Crippen LogP contribution < -0.4 is 5.73 Å². The van der Waals surface area contributed by atoms with Gasteiger partial charge in [0, 0.05) is 5.56 Å². The summed E-state index contributed by atoms with van der Waals surface area (Å²) in [6.07, 6.45) is 0. The summed E-state index contributed by atoms with van der Waals surface area (Å²) in [4.78, 5) is 7.80. The summed E-state index contributed by atoms with van der Waals surface area (Å²) in [6.45, 7) is 1.59. The lowest BCUT2D eigenvalue weighted by atomic mass is 10.1. The first kappa shape index (κ1) is 11.7. The van der Waals surface area contributed by atoms with Gasteiger partial charge in [-0.2, -0.15) is 0 Å². The van der Waals surface area contributed by atoms with E-state index in [1.807, 2.05) is 0 Å². The van der Waals surface area contributed by atoms with Gasteiger partial charge in [0.15, 0.2) is 5.15 Å². The Bertz CT molecular complexity index is 587. The number of nitrogen functional groups attached to an aromatic ring is 1. The van der Waals surface area contributed by atoms with Crippen LogP contribution in [0.25, 0.3) is 11.3 Å². The third kappa shape index (κ3) is 2.19. The van der Waals surface area contributed by atoms with Crippen molar-refractivity contribution in [1.29, 1.82) is 0 Å². The maximum atomic E-state index is 13.6. The van der Waals surface area contributed by atoms with Crippen LogP contribution in [0.3, 0.4) is 0 Å². The molecular weight excluding hydrogens is 248 g/mol. The third-order valence-electron chi connectivity index (χ3n) is 2.19. The molecule has 0 saturated heterocycles. The second kappa shape index (κ2) is 4.25. The van der Waals surface area contributed by atoms with E-state index >= 15 is 0 Å². The molecule has 0 amide bonds. The fraction of sp³-hybridized carbons (Fsp3) is 0.0909. The molecule has 0 aliphatic heterocycles. The molecule has 0 aliphatic rings. The van der Waals surface area contributed by atoms with Crippen LogP contribution in [0.5, 0.6) is 0 Å². The molecule has 6 heteroatoms. The molecule has 1 aromatic carbocycles. The van der Waals surface area contributed by atoms with Crippen LogP contribution in [0, 0.1) is 18.6 Å². The van der Waals surface area contributed by atoms with E-state index < -0.39 is 11.6 Å². The molecule has 2 rings (SSSR count). The average molecular weight is 256 g/mol. The van der Waals surface area contributed by atoms with Gasteiger partial charge in [-0.05, 0) is 25.1 Å². The quantitative estimate of drug-likeness (QED) is 0.797. The fourth-order valence-corrected chi connectivity index (χ4v) is 1.64. The van der Waals surface area contributed by atoms with Gasteiger partial charge >= 0.3 is 0 Å². The summed E-state index contributed by atoms with van der Waals surface area (Å²) in [6, 6.07) is 3.05. The standard InChI is InChI=1S/C11H8ClF2N3/c1-5-16-10(9(15)11(12)17-5)7-4-6(13)2-3-8(7)14/h2-4H,15H2,1H3. The summed E-state index contributed by atoms with van der Waals surface area (Å²) in [5.41, 5.74) is 5.75. The van der Waals surface area contributed by atoms with E-state index in [0.29, 0.717) is 5.82 Å². The Labute approximate surface area is 101 Å². The molecule has 0 unspecified atom stereocenters. The molecule has 2 aromatic rings. The van der Waals surface area contributed by atoms with Crippen molar-refractivity contribution in [1.82, 2.24) is 9.97 Å². The van der Waals surface area contributed by atoms with Crippen molar-refractivity contribution in [2.24, 2.45) is 0 Å². The predicted molar refractivity (Wildman–Crippen MR) is 61.5 cm³/mol. The Morgan fingerprint density at radius 1 is 1.24 bits per heavy atom. The number of hydrogen-bond donors (Lipinski definition) is 1. The molecule has 88 valence electrons. The molecule has 1 aromatic heterocycles. The molecule has 0 atom stereocenters. The van der Waals surface area contributed by atoms with Crippen LogP contribution in [0.15, 0.2) is 18.2 Å². The topological polar surface area (TPSA) is 51.8 Å². The van der Waals surface area contributed by atoms with Gasteiger partial charge in [-0.1, -0.05) is 11.6 Å². The van der Waals surface area contributed by atoms with Crippen LogP contribution in [-0.4, -0.2) is 9.97 Å². The van der Waals surface area contributed by atoms with Crippen molar-refractivity contribution >= 4 is 17.3 Å². The van der Waals surface area contributed by atoms with Crippen molar-refractivity contribution < 1.29 is 8.78 Å². The van der Waals surface area contributed by atoms with Gasteiger partial charge in [0.2, 0.25) is 0 Å². The smallest absolute Gasteiger partial charge is 0.156 e. The number of hydrogen-bond acceptors (Lipinski definition) is 3. The summed E-state index contributed by atoms with van der Waals surface area (Å²) in [5, 5.41) is 0.0242. The van der Waals surface area contributed by atoms with Crippen LogP contribution >= 0.6 is 11.6 Å². The average Bonchev–Trinajstić information content (AvgIpc) is 2.27. The van der Waals surface area contributed by atoms with E-state index in [2.05, 4.69) is 9.97 Å². The summed E-state index contributed by atoms with van der Waals surface area (Å²) < 4.78 is 26.7. The van der Waals surface area contributed by atoms with Crippen LogP contribution in [0.4, 0.5) is 14.5 Å². The first-order valence-corrected chi connectivity index (χ1v) is 5.12. The Morgan fingerprint density at radius 2 is 1.94 bits per heavy atom. The summed E-state index contributed by atoms with van der Waals surface area (Å²) in [7, 11) is 0. The van der Waals surface area contributed by atoms with E-state index in [0.717, 1.165) is 18.2 Å². The minimum absolute atomic E-state index is 0.0242. The molecule has 0 radical (unpaired) electrons. The van der Waals surface area contributed by atoms with E-state index in [9.17, 15) is 8.78 Å². The van der Waals surface area contributed by atoms with Gasteiger partial charge in [0.1, 0.15) is 23.2 Å². The van der Waals surface area contributed by atoms with Crippen molar-refractivity contribution in [2.75, 3.05) is 5.73 Å². The Balaban J connectivity index is 2.72. The van der Waals surface area contributed by atoms with E-state index in [1.165, 1.54) is 0 Å². The highest BCUT2D eigenvalue weighted by atomic mass is 35.5. The molecule has 0 fully saturated rings. The predicted octanol–water partition coefficient (Wildman–Crippen LogP) is 2.97. The second-order valence-electron chi connectivity index (χ2n) is 3.45. The zero-order valence-corrected chi connectivity index (χ0v) is 9.59. The Kier molecular flexibility index (Phi) is 2.93. The number of benzene rings is 1. The molecule has 17 heavy (non-hydrogen) atoms. The minimum Gasteiger partial charge on any atom is -0.394 e. The fourth-order valence-electron chi connectivity index (χ4n) is 1.43. The molecule has 0 aliphatic carbocycles. The lowest BCUT2D eigenvalue weighted by Crippen LogP contribution is -2.01. The second-order valence-corrected chi connectivity index (χ2v) is 3.81. The summed E-state index contributed by atoms with van der Waals surface area (Å²) in [5.74, 6) is -0.858. The van der Waals surface area contributed by atoms with Crippen molar-refractivity contribution in [3.63, 3.8) is 0 Å². The first-order chi connectivity index (χ1) is 7.99. The molecule has 0 saturated carbocycles. The number of anilines is 1. The van der Waals surface area contributed by atoms with Crippen molar-refractivity contribution in [2.45, 2.75) is 6.92 Å². The van der Waals surface area contributed by atoms with Crippen LogP contribution in [0.2, 0.25) is 5.15 Å². The molecule has 2 N–H and O–H groups in total. The molecule has 0 bridgehead atoms. The van der Waals surface area contributed by atoms with Gasteiger partial charge in [-0.25, -0.2) is 18.7 Å². The SMILES string of the molecule is Cc1nc(Cl)c(N)c(-c2cc(F)ccc2F)n1. The third-order valence-corrected chi connectivity index (χ3v) is 2.48. The lowest BCUT2D eigenvalue weighted by molar-refractivity contribution is 0.602. The highest BCUT2D eigenvalue weighted by molar-refractivity contribution is 6.32. The van der Waals surface area contributed by atoms with Gasteiger partial charge in [-0.15, -0.1) is 0 Å². The lowest BCUT2D eigenvalue weighted by Gasteiger charge is -2.08. The molecule has 0 spiro atoms. The first-order valence-electron chi connectivity index (χ1n) is 4.74. The van der Waals surface area contributed by atoms with Crippen LogP contribution in [-0.2, 0) is 0 Å². The number of nitrogens with two attached hydrogens (primary N) is 1. The largest absolute Gasteiger partial charge is 0.394 e. The normalized spacial score (nSPS) is 10.6. The molecule has 3 nitrogen and oxygen atoms in total. The number of nitrogens with zero attached hydrogens (tertiary/aromatic N) is 2. The number of rotatable bonds is 1. The van der Waals surface area contributed by atoms with E-state index in [1.54, 1.807) is 6.92 Å². The highest BCUT2D eigenvalue weighted by Crippen LogP contribution is 2.30. The van der Waals surface area contributed by atoms with E-state index in [4.69, 9.17) is 17.3 Å². The zero-order chi connectivity index (χ0) is 12.6. The molecular formula is C11H8ClF2N3. The maximum absolute atomic E-state index is 13.6. The zero-order valence-electron chi connectivity index (χ0n) is 8.84. The number of halogens is 3. The van der Waals surface area contributed by atoms with Gasteiger partial charge in [0.25, 0.3) is 0 Å². The Hall–Kier alpha value is -1.75. The van der Waals surface area contributed by atoms with Crippen molar-refractivity contribution in [3.8, 4) is 11.3 Å². The van der Waals surface area contributed by atoms with Gasteiger partial charge in [-0.3, -0.25) is 0 Å². The van der Waals surface area contributed by atoms with Crippen molar-refractivity contribution in [3.05, 3.63) is 40.8 Å². The monoisotopic (exact) mass is 255 g/mol. The highest BCUT2D eigenvalue weighted by Gasteiger charge is 2.15. The molecule has 1 heterocycles. The maximum Gasteiger partial charge on any atom is 0.156 e. The number of aryl methyl sites for hydroxylation is 1. The van der Waals surface area contributed by atoms with E-state index in [-0.39, 0.29) is 22.1 Å². The Morgan fingerprint density at radius 3 is 2.65 bits per heavy atom. The minimum atomic E-state index is -0.618. The van der Waals surface area contributed by atoms with Gasteiger partial charge < -0.3 is 5.73 Å². The van der Waals surface area contributed by atoms with Crippen LogP contribution in [0.1, 0.15) is 5.82 Å². The number of aromatic nitrogens is 2.